The third kappa shape index (κ3) is 6.95. The molecule has 0 saturated carbocycles. The molecule has 2 aromatic carbocycles. The normalized spacial score (nSPS) is 11.8. The molecule has 0 fully saturated rings. The van der Waals surface area contributed by atoms with E-state index >= 15 is 0 Å². The number of rotatable bonds is 10. The van der Waals surface area contributed by atoms with Crippen molar-refractivity contribution in [2.45, 2.75) is 25.3 Å². The highest BCUT2D eigenvalue weighted by Gasteiger charge is 2.12. The van der Waals surface area contributed by atoms with Gasteiger partial charge >= 0.3 is 0 Å². The number of amides is 1. The maximum Gasteiger partial charge on any atom is 0.243 e. The number of ether oxygens (including phenoxy) is 2. The van der Waals surface area contributed by atoms with Gasteiger partial charge in [0.25, 0.3) is 0 Å². The van der Waals surface area contributed by atoms with Gasteiger partial charge in [-0.3, -0.25) is 4.79 Å². The van der Waals surface area contributed by atoms with Crippen LogP contribution >= 0.6 is 0 Å². The van der Waals surface area contributed by atoms with E-state index in [1.807, 2.05) is 18.2 Å². The zero-order chi connectivity index (χ0) is 17.9. The molecule has 3 N–H and O–H groups in total. The molecule has 5 heteroatoms. The maximum absolute atomic E-state index is 11.8. The van der Waals surface area contributed by atoms with Crippen LogP contribution in [-0.2, 0) is 16.0 Å². The minimum Gasteiger partial charge on any atom is -0.494 e. The Labute approximate surface area is 149 Å². The number of benzene rings is 2. The van der Waals surface area contributed by atoms with Crippen molar-refractivity contribution in [3.05, 3.63) is 60.2 Å². The van der Waals surface area contributed by atoms with E-state index in [1.54, 1.807) is 12.1 Å². The van der Waals surface area contributed by atoms with E-state index in [1.165, 1.54) is 12.7 Å². The lowest BCUT2D eigenvalue weighted by atomic mass is 10.1. The quantitative estimate of drug-likeness (QED) is 0.651. The summed E-state index contributed by atoms with van der Waals surface area (Å²) in [6, 6.07) is 17.1. The van der Waals surface area contributed by atoms with Crippen molar-refractivity contribution in [1.82, 2.24) is 0 Å². The summed E-state index contributed by atoms with van der Waals surface area (Å²) >= 11 is 0. The molecule has 2 aromatic rings. The van der Waals surface area contributed by atoms with E-state index in [0.29, 0.717) is 12.3 Å². The van der Waals surface area contributed by atoms with Gasteiger partial charge in [-0.2, -0.15) is 0 Å². The summed E-state index contributed by atoms with van der Waals surface area (Å²) in [5.41, 5.74) is 7.72. The molecule has 25 heavy (non-hydrogen) atoms. The van der Waals surface area contributed by atoms with Gasteiger partial charge in [-0.15, -0.1) is 0 Å². The molecule has 1 atom stereocenters. The fourth-order valence-corrected chi connectivity index (χ4v) is 2.39. The molecule has 0 bridgehead atoms. The molecule has 0 aliphatic heterocycles. The van der Waals surface area contributed by atoms with Gasteiger partial charge in [-0.1, -0.05) is 30.3 Å². The Morgan fingerprint density at radius 2 is 1.80 bits per heavy atom. The van der Waals surface area contributed by atoms with Crippen LogP contribution < -0.4 is 15.8 Å². The smallest absolute Gasteiger partial charge is 0.243 e. The van der Waals surface area contributed by atoms with Crippen molar-refractivity contribution in [3.8, 4) is 5.75 Å². The van der Waals surface area contributed by atoms with Gasteiger partial charge in [0.2, 0.25) is 5.91 Å². The fraction of sp³-hybridized carbons (Fsp3) is 0.350. The first kappa shape index (κ1) is 19.0. The lowest BCUT2D eigenvalue weighted by molar-refractivity contribution is -0.118. The zero-order valence-electron chi connectivity index (χ0n) is 14.6. The molecule has 0 radical (unpaired) electrons. The lowest BCUT2D eigenvalue weighted by Gasteiger charge is -2.12. The summed E-state index contributed by atoms with van der Waals surface area (Å²) in [5, 5.41) is 2.75. The van der Waals surface area contributed by atoms with Crippen molar-refractivity contribution < 1.29 is 14.3 Å². The second kappa shape index (κ2) is 10.5. The summed E-state index contributed by atoms with van der Waals surface area (Å²) < 4.78 is 10.6. The number of carbonyl (C=O) groups is 1. The Morgan fingerprint density at radius 3 is 2.48 bits per heavy atom. The molecular weight excluding hydrogens is 316 g/mol. The van der Waals surface area contributed by atoms with Gasteiger partial charge in [0, 0.05) is 12.8 Å². The first-order valence-electron chi connectivity index (χ1n) is 8.51. The monoisotopic (exact) mass is 342 g/mol. The van der Waals surface area contributed by atoms with E-state index in [9.17, 15) is 4.79 Å². The first-order chi connectivity index (χ1) is 12.2. The SMILES string of the molecule is COC[C@H](N)C(=O)Nc1ccc(OCCCCc2ccccc2)cc1. The van der Waals surface area contributed by atoms with Crippen LogP contribution in [0.25, 0.3) is 0 Å². The average molecular weight is 342 g/mol. The van der Waals surface area contributed by atoms with Gasteiger partial charge in [0.05, 0.1) is 13.2 Å². The Bertz CT molecular complexity index is 629. The molecule has 0 aliphatic carbocycles. The molecule has 1 amide bonds. The van der Waals surface area contributed by atoms with E-state index in [4.69, 9.17) is 15.2 Å². The Hall–Kier alpha value is -2.37. The number of aryl methyl sites for hydroxylation is 1. The molecule has 134 valence electrons. The predicted octanol–water partition coefficient (Wildman–Crippen LogP) is 3.00. The number of methoxy groups -OCH3 is 1. The Kier molecular flexibility index (Phi) is 7.95. The Morgan fingerprint density at radius 1 is 1.08 bits per heavy atom. The van der Waals surface area contributed by atoms with E-state index in [-0.39, 0.29) is 12.5 Å². The van der Waals surface area contributed by atoms with Crippen molar-refractivity contribution in [2.24, 2.45) is 5.73 Å². The van der Waals surface area contributed by atoms with Crippen LogP contribution in [0.4, 0.5) is 5.69 Å². The molecule has 0 aromatic heterocycles. The van der Waals surface area contributed by atoms with Gasteiger partial charge in [0.1, 0.15) is 11.8 Å². The highest BCUT2D eigenvalue weighted by atomic mass is 16.5. The van der Waals surface area contributed by atoms with Crippen molar-refractivity contribution in [3.63, 3.8) is 0 Å². The first-order valence-corrected chi connectivity index (χ1v) is 8.51. The highest BCUT2D eigenvalue weighted by molar-refractivity contribution is 5.94. The van der Waals surface area contributed by atoms with Crippen molar-refractivity contribution in [1.29, 1.82) is 0 Å². The number of hydrogen-bond donors (Lipinski definition) is 2. The van der Waals surface area contributed by atoms with Crippen LogP contribution in [0.5, 0.6) is 5.75 Å². The van der Waals surface area contributed by atoms with Gasteiger partial charge in [-0.25, -0.2) is 0 Å². The minimum atomic E-state index is -0.675. The Balaban J connectivity index is 1.67. The molecule has 0 aliphatic rings. The number of nitrogens with two attached hydrogens (primary N) is 1. The molecule has 0 spiro atoms. The van der Waals surface area contributed by atoms with Crippen LogP contribution in [0.1, 0.15) is 18.4 Å². The van der Waals surface area contributed by atoms with Crippen molar-refractivity contribution in [2.75, 3.05) is 25.6 Å². The second-order valence-corrected chi connectivity index (χ2v) is 5.87. The number of anilines is 1. The summed E-state index contributed by atoms with van der Waals surface area (Å²) in [5.74, 6) is 0.523. The number of hydrogen-bond acceptors (Lipinski definition) is 4. The van der Waals surface area contributed by atoms with Crippen LogP contribution in [0.3, 0.4) is 0 Å². The van der Waals surface area contributed by atoms with Crippen LogP contribution in [0, 0.1) is 0 Å². The number of unbranched alkanes of at least 4 members (excludes halogenated alkanes) is 1. The van der Waals surface area contributed by atoms with E-state index < -0.39 is 6.04 Å². The largest absolute Gasteiger partial charge is 0.494 e. The summed E-state index contributed by atoms with van der Waals surface area (Å²) in [7, 11) is 1.51. The van der Waals surface area contributed by atoms with E-state index in [0.717, 1.165) is 25.0 Å². The third-order valence-electron chi connectivity index (χ3n) is 3.78. The fourth-order valence-electron chi connectivity index (χ4n) is 2.39. The molecule has 5 nitrogen and oxygen atoms in total. The predicted molar refractivity (Wildman–Crippen MR) is 99.8 cm³/mol. The highest BCUT2D eigenvalue weighted by Crippen LogP contribution is 2.16. The number of carbonyl (C=O) groups excluding carboxylic acids is 1. The second-order valence-electron chi connectivity index (χ2n) is 5.87. The van der Waals surface area contributed by atoms with Gasteiger partial charge in [-0.05, 0) is 49.1 Å². The van der Waals surface area contributed by atoms with Crippen LogP contribution in [0.15, 0.2) is 54.6 Å². The number of nitrogens with one attached hydrogen (secondary N) is 1. The molecule has 0 saturated heterocycles. The molecule has 2 rings (SSSR count). The van der Waals surface area contributed by atoms with Gasteiger partial charge in [0.15, 0.2) is 0 Å². The molecule has 0 unspecified atom stereocenters. The van der Waals surface area contributed by atoms with E-state index in [2.05, 4.69) is 29.6 Å². The maximum atomic E-state index is 11.8. The van der Waals surface area contributed by atoms with Gasteiger partial charge < -0.3 is 20.5 Å². The zero-order valence-corrected chi connectivity index (χ0v) is 14.6. The molecule has 0 heterocycles. The standard InChI is InChI=1S/C20H26N2O3/c1-24-15-19(21)20(23)22-17-10-12-18(13-11-17)25-14-6-5-9-16-7-3-2-4-8-16/h2-4,7-8,10-13,19H,5-6,9,14-15,21H2,1H3,(H,22,23)/t19-/m0/s1. The van der Waals surface area contributed by atoms with Crippen LogP contribution in [0.2, 0.25) is 0 Å². The van der Waals surface area contributed by atoms with Crippen molar-refractivity contribution >= 4 is 11.6 Å². The molecular formula is C20H26N2O3. The summed E-state index contributed by atoms with van der Waals surface area (Å²) in [6.45, 7) is 0.868. The third-order valence-corrected chi connectivity index (χ3v) is 3.78. The van der Waals surface area contributed by atoms with Crippen LogP contribution in [-0.4, -0.2) is 32.3 Å². The summed E-state index contributed by atoms with van der Waals surface area (Å²) in [4.78, 5) is 11.8. The average Bonchev–Trinajstić information content (AvgIpc) is 2.64. The topological polar surface area (TPSA) is 73.6 Å². The summed E-state index contributed by atoms with van der Waals surface area (Å²) in [6.07, 6.45) is 3.16. The minimum absolute atomic E-state index is 0.190. The lowest BCUT2D eigenvalue weighted by Crippen LogP contribution is -2.39.